The second kappa shape index (κ2) is 6.20. The van der Waals surface area contributed by atoms with Crippen LogP contribution in [0, 0.1) is 8.80 Å². The first-order chi connectivity index (χ1) is 7.95. The van der Waals surface area contributed by atoms with Gasteiger partial charge in [0.05, 0.1) is 14.5 Å². The Morgan fingerprint density at radius 1 is 1.65 bits per heavy atom. The lowest BCUT2D eigenvalue weighted by Gasteiger charge is -2.20. The summed E-state index contributed by atoms with van der Waals surface area (Å²) >= 11 is 3.65. The van der Waals surface area contributed by atoms with E-state index in [0.29, 0.717) is 5.56 Å². The van der Waals surface area contributed by atoms with Gasteiger partial charge < -0.3 is 16.3 Å². The van der Waals surface area contributed by atoms with E-state index in [1.807, 2.05) is 13.8 Å². The lowest BCUT2D eigenvalue weighted by atomic mass is 10.0. The molecule has 1 atom stereocenters. The van der Waals surface area contributed by atoms with Gasteiger partial charge >= 0.3 is 0 Å². The van der Waals surface area contributed by atoms with Crippen molar-refractivity contribution in [3.63, 3.8) is 0 Å². The SMILES string of the molecule is CC(C)C(NC(=O)c1csc(I)c1)C(N)=NO. The number of carbonyl (C=O) groups is 1. The number of halogens is 1. The summed E-state index contributed by atoms with van der Waals surface area (Å²) in [6.07, 6.45) is 0. The lowest BCUT2D eigenvalue weighted by Crippen LogP contribution is -2.47. The van der Waals surface area contributed by atoms with Crippen LogP contribution in [-0.4, -0.2) is 23.0 Å². The van der Waals surface area contributed by atoms with E-state index in [-0.39, 0.29) is 17.7 Å². The predicted molar refractivity (Wildman–Crippen MR) is 76.5 cm³/mol. The van der Waals surface area contributed by atoms with Gasteiger partial charge in [-0.2, -0.15) is 0 Å². The molecule has 0 fully saturated rings. The number of thiophene rings is 1. The number of amidine groups is 1. The highest BCUT2D eigenvalue weighted by molar-refractivity contribution is 14.1. The maximum absolute atomic E-state index is 11.9. The van der Waals surface area contributed by atoms with Crippen LogP contribution in [0.4, 0.5) is 0 Å². The summed E-state index contributed by atoms with van der Waals surface area (Å²) in [6, 6.07) is 1.33. The molecule has 1 rings (SSSR count). The van der Waals surface area contributed by atoms with E-state index in [1.54, 1.807) is 11.4 Å². The average molecular weight is 367 g/mol. The fourth-order valence-electron chi connectivity index (χ4n) is 1.30. The van der Waals surface area contributed by atoms with Crippen molar-refractivity contribution >= 4 is 45.7 Å². The van der Waals surface area contributed by atoms with Crippen LogP contribution >= 0.6 is 33.9 Å². The van der Waals surface area contributed by atoms with Crippen LogP contribution < -0.4 is 11.1 Å². The fourth-order valence-corrected chi connectivity index (χ4v) is 2.62. The molecule has 1 heterocycles. The molecule has 5 nitrogen and oxygen atoms in total. The maximum atomic E-state index is 11.9. The summed E-state index contributed by atoms with van der Waals surface area (Å²) in [4.78, 5) is 11.9. The number of rotatable bonds is 4. The molecule has 4 N–H and O–H groups in total. The molecular formula is C10H14IN3O2S. The highest BCUT2D eigenvalue weighted by Gasteiger charge is 2.21. The molecule has 0 aromatic carbocycles. The van der Waals surface area contributed by atoms with Crippen LogP contribution in [0.1, 0.15) is 24.2 Å². The van der Waals surface area contributed by atoms with Crippen LogP contribution in [0.5, 0.6) is 0 Å². The summed E-state index contributed by atoms with van der Waals surface area (Å²) in [5.74, 6) is -0.152. The average Bonchev–Trinajstić information content (AvgIpc) is 2.71. The smallest absolute Gasteiger partial charge is 0.252 e. The Morgan fingerprint density at radius 3 is 2.71 bits per heavy atom. The minimum atomic E-state index is -0.468. The number of oxime groups is 1. The second-order valence-electron chi connectivity index (χ2n) is 3.86. The fraction of sp³-hybridized carbons (Fsp3) is 0.400. The Hall–Kier alpha value is -0.830. The monoisotopic (exact) mass is 367 g/mol. The molecule has 1 amide bonds. The molecule has 17 heavy (non-hydrogen) atoms. The molecule has 0 aliphatic carbocycles. The number of hydrogen-bond acceptors (Lipinski definition) is 4. The molecule has 94 valence electrons. The van der Waals surface area contributed by atoms with Gasteiger partial charge in [0.25, 0.3) is 5.91 Å². The van der Waals surface area contributed by atoms with Gasteiger partial charge in [-0.1, -0.05) is 19.0 Å². The Morgan fingerprint density at radius 2 is 2.29 bits per heavy atom. The minimum Gasteiger partial charge on any atom is -0.409 e. The molecule has 0 bridgehead atoms. The van der Waals surface area contributed by atoms with Gasteiger partial charge in [0, 0.05) is 5.38 Å². The van der Waals surface area contributed by atoms with Crippen LogP contribution in [0.3, 0.4) is 0 Å². The van der Waals surface area contributed by atoms with E-state index in [0.717, 1.165) is 2.88 Å². The van der Waals surface area contributed by atoms with Crippen LogP contribution in [0.2, 0.25) is 0 Å². The molecule has 0 saturated heterocycles. The lowest BCUT2D eigenvalue weighted by molar-refractivity contribution is 0.0939. The standard InChI is InChI=1S/C10H14IN3O2S/c1-5(2)8(9(12)14-16)13-10(15)6-3-7(11)17-4-6/h3-5,8,16H,1-2H3,(H2,12,14)(H,13,15). The van der Waals surface area contributed by atoms with Crippen LogP contribution in [0.25, 0.3) is 0 Å². The Labute approximate surface area is 117 Å². The summed E-state index contributed by atoms with van der Waals surface area (Å²) < 4.78 is 1.04. The van der Waals surface area contributed by atoms with Gasteiger partial charge in [-0.05, 0) is 34.6 Å². The number of hydrogen-bond donors (Lipinski definition) is 3. The van der Waals surface area contributed by atoms with Crippen LogP contribution in [-0.2, 0) is 0 Å². The van der Waals surface area contributed by atoms with E-state index in [9.17, 15) is 4.79 Å². The third-order valence-electron chi connectivity index (χ3n) is 2.22. The molecule has 0 radical (unpaired) electrons. The van der Waals surface area contributed by atoms with Crippen molar-refractivity contribution in [1.29, 1.82) is 0 Å². The van der Waals surface area contributed by atoms with Crippen molar-refractivity contribution in [2.75, 3.05) is 0 Å². The highest BCUT2D eigenvalue weighted by atomic mass is 127. The van der Waals surface area contributed by atoms with E-state index >= 15 is 0 Å². The van der Waals surface area contributed by atoms with E-state index < -0.39 is 6.04 Å². The molecule has 0 aliphatic rings. The van der Waals surface area contributed by atoms with Crippen molar-refractivity contribution in [3.8, 4) is 0 Å². The number of nitrogens with two attached hydrogens (primary N) is 1. The second-order valence-corrected chi connectivity index (χ2v) is 6.66. The minimum absolute atomic E-state index is 0.0123. The van der Waals surface area contributed by atoms with Gasteiger partial charge in [0.1, 0.15) is 0 Å². The summed E-state index contributed by atoms with van der Waals surface area (Å²) in [5.41, 5.74) is 6.13. The van der Waals surface area contributed by atoms with Gasteiger partial charge in [0.2, 0.25) is 0 Å². The topological polar surface area (TPSA) is 87.7 Å². The molecule has 7 heteroatoms. The van der Waals surface area contributed by atoms with Gasteiger partial charge in [0.15, 0.2) is 5.84 Å². The van der Waals surface area contributed by atoms with E-state index in [1.165, 1.54) is 11.3 Å². The van der Waals surface area contributed by atoms with Crippen molar-refractivity contribution < 1.29 is 10.0 Å². The Bertz CT molecular complexity index is 431. The van der Waals surface area contributed by atoms with Crippen LogP contribution in [0.15, 0.2) is 16.6 Å². The number of carbonyl (C=O) groups excluding carboxylic acids is 1. The van der Waals surface area contributed by atoms with Gasteiger partial charge in [-0.15, -0.1) is 11.3 Å². The van der Waals surface area contributed by atoms with Gasteiger partial charge in [-0.3, -0.25) is 4.79 Å². The Balaban J connectivity index is 2.78. The van der Waals surface area contributed by atoms with Gasteiger partial charge in [-0.25, -0.2) is 0 Å². The summed E-state index contributed by atoms with van der Waals surface area (Å²) in [6.45, 7) is 3.78. The molecule has 0 spiro atoms. The number of nitrogens with one attached hydrogen (secondary N) is 1. The predicted octanol–water partition coefficient (Wildman–Crippen LogP) is 1.85. The van der Waals surface area contributed by atoms with Crippen molar-refractivity contribution in [2.45, 2.75) is 19.9 Å². The third kappa shape index (κ3) is 3.84. The molecular weight excluding hydrogens is 353 g/mol. The first-order valence-electron chi connectivity index (χ1n) is 4.98. The quantitative estimate of drug-likeness (QED) is 0.250. The van der Waals surface area contributed by atoms with E-state index in [2.05, 4.69) is 33.1 Å². The molecule has 0 aliphatic heterocycles. The zero-order valence-electron chi connectivity index (χ0n) is 9.48. The maximum Gasteiger partial charge on any atom is 0.252 e. The first kappa shape index (κ1) is 14.2. The number of nitrogens with zero attached hydrogens (tertiary/aromatic N) is 1. The van der Waals surface area contributed by atoms with E-state index in [4.69, 9.17) is 10.9 Å². The molecule has 1 unspecified atom stereocenters. The van der Waals surface area contributed by atoms with Crippen molar-refractivity contribution in [3.05, 3.63) is 19.9 Å². The first-order valence-corrected chi connectivity index (χ1v) is 6.94. The molecule has 1 aromatic rings. The van der Waals surface area contributed by atoms with Crippen molar-refractivity contribution in [1.82, 2.24) is 5.32 Å². The highest BCUT2D eigenvalue weighted by Crippen LogP contribution is 2.16. The van der Waals surface area contributed by atoms with Crippen molar-refractivity contribution in [2.24, 2.45) is 16.8 Å². The molecule has 1 aromatic heterocycles. The zero-order chi connectivity index (χ0) is 13.0. The summed E-state index contributed by atoms with van der Waals surface area (Å²) in [5, 5.41) is 16.1. The normalized spacial score (nSPS) is 13.8. The number of amides is 1. The largest absolute Gasteiger partial charge is 0.409 e. The molecule has 0 saturated carbocycles. The summed E-state index contributed by atoms with van der Waals surface area (Å²) in [7, 11) is 0. The third-order valence-corrected chi connectivity index (χ3v) is 4.01. The Kier molecular flexibility index (Phi) is 5.19. The zero-order valence-corrected chi connectivity index (χ0v) is 12.4.